The Morgan fingerprint density at radius 1 is 1.43 bits per heavy atom. The third-order valence-corrected chi connectivity index (χ3v) is 4.29. The molecule has 0 aliphatic carbocycles. The van der Waals surface area contributed by atoms with Crippen LogP contribution in [0.4, 0.5) is 4.39 Å². The number of morpholine rings is 1. The molecule has 0 amide bonds. The van der Waals surface area contributed by atoms with E-state index in [1.165, 1.54) is 12.1 Å². The largest absolute Gasteiger partial charge is 0.489 e. The van der Waals surface area contributed by atoms with Crippen molar-refractivity contribution in [3.05, 3.63) is 30.1 Å². The van der Waals surface area contributed by atoms with Crippen molar-refractivity contribution in [3.63, 3.8) is 0 Å². The molecule has 1 unspecified atom stereocenters. The molecule has 2 N–H and O–H groups in total. The Bertz CT molecular complexity index is 547. The lowest BCUT2D eigenvalue weighted by molar-refractivity contribution is 0.0324. The summed E-state index contributed by atoms with van der Waals surface area (Å²) in [6, 6.07) is 5.88. The Hall–Kier alpha value is -1.22. The molecule has 21 heavy (non-hydrogen) atoms. The van der Waals surface area contributed by atoms with E-state index in [1.54, 1.807) is 12.1 Å². The Balaban J connectivity index is 1.72. The number of rotatable bonds is 7. The molecule has 1 atom stereocenters. The SMILES string of the molecule is O=S(=O)(CCOc1ccccc1F)NCC1CNCCO1. The van der Waals surface area contributed by atoms with Crippen molar-refractivity contribution in [2.45, 2.75) is 6.10 Å². The molecule has 1 aliphatic heterocycles. The first-order valence-electron chi connectivity index (χ1n) is 6.74. The standard InChI is InChI=1S/C13H19FN2O4S/c14-12-3-1-2-4-13(12)20-7-8-21(17,18)16-10-11-9-15-5-6-19-11/h1-4,11,15-16H,5-10H2. The number of nitrogens with one attached hydrogen (secondary N) is 2. The maximum Gasteiger partial charge on any atom is 0.215 e. The van der Waals surface area contributed by atoms with Crippen LogP contribution in [-0.4, -0.2) is 53.1 Å². The van der Waals surface area contributed by atoms with Gasteiger partial charge >= 0.3 is 0 Å². The van der Waals surface area contributed by atoms with Crippen molar-refractivity contribution in [3.8, 4) is 5.75 Å². The van der Waals surface area contributed by atoms with Gasteiger partial charge in [-0.25, -0.2) is 17.5 Å². The number of ether oxygens (including phenoxy) is 2. The van der Waals surface area contributed by atoms with Gasteiger partial charge in [0.2, 0.25) is 10.0 Å². The minimum absolute atomic E-state index is 0.0486. The van der Waals surface area contributed by atoms with Crippen LogP contribution in [-0.2, 0) is 14.8 Å². The summed E-state index contributed by atoms with van der Waals surface area (Å²) in [4.78, 5) is 0. The molecule has 0 saturated carbocycles. The van der Waals surface area contributed by atoms with Gasteiger partial charge in [-0.2, -0.15) is 0 Å². The molecule has 1 aromatic rings. The van der Waals surface area contributed by atoms with Crippen LogP contribution >= 0.6 is 0 Å². The zero-order valence-corrected chi connectivity index (χ0v) is 12.4. The molecular formula is C13H19FN2O4S. The van der Waals surface area contributed by atoms with Gasteiger partial charge in [0.1, 0.15) is 6.61 Å². The summed E-state index contributed by atoms with van der Waals surface area (Å²) in [5.74, 6) is -0.696. The molecule has 0 aromatic heterocycles. The van der Waals surface area contributed by atoms with Crippen molar-refractivity contribution in [1.29, 1.82) is 0 Å². The molecule has 1 heterocycles. The average molecular weight is 318 g/mol. The highest BCUT2D eigenvalue weighted by Gasteiger charge is 2.17. The monoisotopic (exact) mass is 318 g/mol. The third-order valence-electron chi connectivity index (χ3n) is 2.98. The second-order valence-corrected chi connectivity index (χ2v) is 6.57. The van der Waals surface area contributed by atoms with Crippen LogP contribution in [0.3, 0.4) is 0 Å². The highest BCUT2D eigenvalue weighted by atomic mass is 32.2. The lowest BCUT2D eigenvalue weighted by Gasteiger charge is -2.23. The van der Waals surface area contributed by atoms with Crippen LogP contribution in [0.15, 0.2) is 24.3 Å². The fourth-order valence-electron chi connectivity index (χ4n) is 1.87. The number of sulfonamides is 1. The summed E-state index contributed by atoms with van der Waals surface area (Å²) in [6.07, 6.45) is -0.166. The zero-order valence-electron chi connectivity index (χ0n) is 11.5. The van der Waals surface area contributed by atoms with Gasteiger partial charge in [-0.3, -0.25) is 0 Å². The van der Waals surface area contributed by atoms with Gasteiger partial charge in [0, 0.05) is 19.6 Å². The van der Waals surface area contributed by atoms with E-state index in [4.69, 9.17) is 9.47 Å². The van der Waals surface area contributed by atoms with Gasteiger partial charge in [-0.1, -0.05) is 12.1 Å². The Morgan fingerprint density at radius 3 is 2.95 bits per heavy atom. The second kappa shape index (κ2) is 7.69. The molecule has 8 heteroatoms. The van der Waals surface area contributed by atoms with Gasteiger partial charge in [0.15, 0.2) is 11.6 Å². The zero-order chi connectivity index (χ0) is 15.1. The van der Waals surface area contributed by atoms with E-state index in [1.807, 2.05) is 0 Å². The molecule has 0 spiro atoms. The number of hydrogen-bond acceptors (Lipinski definition) is 5. The average Bonchev–Trinajstić information content (AvgIpc) is 2.48. The van der Waals surface area contributed by atoms with Crippen LogP contribution in [0.25, 0.3) is 0 Å². The Morgan fingerprint density at radius 2 is 2.24 bits per heavy atom. The second-order valence-electron chi connectivity index (χ2n) is 4.64. The van der Waals surface area contributed by atoms with E-state index in [2.05, 4.69) is 10.0 Å². The van der Waals surface area contributed by atoms with E-state index in [0.717, 1.165) is 6.54 Å². The number of para-hydroxylation sites is 1. The number of benzene rings is 1. The van der Waals surface area contributed by atoms with E-state index in [-0.39, 0.29) is 30.8 Å². The topological polar surface area (TPSA) is 76.7 Å². The summed E-state index contributed by atoms with van der Waals surface area (Å²) in [6.45, 7) is 2.08. The van der Waals surface area contributed by atoms with Crippen LogP contribution in [0.1, 0.15) is 0 Å². The number of hydrogen-bond donors (Lipinski definition) is 2. The Kier molecular flexibility index (Phi) is 5.92. The van der Waals surface area contributed by atoms with E-state index in [9.17, 15) is 12.8 Å². The molecular weight excluding hydrogens is 299 g/mol. The smallest absolute Gasteiger partial charge is 0.215 e. The highest BCUT2D eigenvalue weighted by molar-refractivity contribution is 7.89. The third kappa shape index (κ3) is 5.58. The summed E-state index contributed by atoms with van der Waals surface area (Å²) < 4.78 is 49.8. The van der Waals surface area contributed by atoms with Crippen LogP contribution in [0.5, 0.6) is 5.75 Å². The predicted octanol–water partition coefficient (Wildman–Crippen LogP) is 0.112. The van der Waals surface area contributed by atoms with Crippen LogP contribution < -0.4 is 14.8 Å². The lowest BCUT2D eigenvalue weighted by atomic mass is 10.3. The first-order valence-corrected chi connectivity index (χ1v) is 8.39. The van der Waals surface area contributed by atoms with Crippen molar-refractivity contribution in [2.75, 3.05) is 38.6 Å². The van der Waals surface area contributed by atoms with Gasteiger partial charge < -0.3 is 14.8 Å². The summed E-state index contributed by atoms with van der Waals surface area (Å²) >= 11 is 0. The molecule has 2 rings (SSSR count). The van der Waals surface area contributed by atoms with Crippen molar-refractivity contribution >= 4 is 10.0 Å². The first kappa shape index (κ1) is 16.2. The van der Waals surface area contributed by atoms with Gasteiger partial charge in [0.25, 0.3) is 0 Å². The minimum atomic E-state index is -3.47. The normalized spacial score (nSPS) is 19.4. The first-order chi connectivity index (χ1) is 10.1. The van der Waals surface area contributed by atoms with E-state index >= 15 is 0 Å². The maximum absolute atomic E-state index is 13.3. The summed E-state index contributed by atoms with van der Waals surface area (Å²) in [7, 11) is -3.47. The molecule has 6 nitrogen and oxygen atoms in total. The molecule has 0 radical (unpaired) electrons. The Labute approximate surface area is 123 Å². The molecule has 1 aliphatic rings. The molecule has 1 fully saturated rings. The number of halogens is 1. The van der Waals surface area contributed by atoms with Gasteiger partial charge in [0.05, 0.1) is 18.5 Å². The summed E-state index contributed by atoms with van der Waals surface area (Å²) in [5.41, 5.74) is 0. The molecule has 118 valence electrons. The maximum atomic E-state index is 13.3. The van der Waals surface area contributed by atoms with Gasteiger partial charge in [-0.15, -0.1) is 0 Å². The quantitative estimate of drug-likeness (QED) is 0.746. The van der Waals surface area contributed by atoms with Crippen LogP contribution in [0.2, 0.25) is 0 Å². The van der Waals surface area contributed by atoms with E-state index in [0.29, 0.717) is 13.2 Å². The molecule has 1 aromatic carbocycles. The minimum Gasteiger partial charge on any atom is -0.489 e. The fourth-order valence-corrected chi connectivity index (χ4v) is 2.75. The lowest BCUT2D eigenvalue weighted by Crippen LogP contribution is -2.45. The van der Waals surface area contributed by atoms with Gasteiger partial charge in [-0.05, 0) is 12.1 Å². The van der Waals surface area contributed by atoms with Crippen molar-refractivity contribution in [2.24, 2.45) is 0 Å². The summed E-state index contributed by atoms with van der Waals surface area (Å²) in [5, 5.41) is 3.12. The predicted molar refractivity (Wildman–Crippen MR) is 76.3 cm³/mol. The molecule has 1 saturated heterocycles. The highest BCUT2D eigenvalue weighted by Crippen LogP contribution is 2.15. The molecule has 0 bridgehead atoms. The van der Waals surface area contributed by atoms with Crippen molar-refractivity contribution in [1.82, 2.24) is 10.0 Å². The fraction of sp³-hybridized carbons (Fsp3) is 0.538. The van der Waals surface area contributed by atoms with E-state index < -0.39 is 15.8 Å². The van der Waals surface area contributed by atoms with Crippen molar-refractivity contribution < 1.29 is 22.3 Å². The van der Waals surface area contributed by atoms with Crippen LogP contribution in [0, 0.1) is 5.82 Å².